The Hall–Kier alpha value is -0.470. The van der Waals surface area contributed by atoms with E-state index in [0.717, 1.165) is 5.56 Å². The van der Waals surface area contributed by atoms with Crippen LogP contribution in [0.2, 0.25) is 0 Å². The number of aryl methyl sites for hydroxylation is 1. The van der Waals surface area contributed by atoms with E-state index in [9.17, 15) is 0 Å². The molecule has 1 rings (SSSR count). The van der Waals surface area contributed by atoms with Gasteiger partial charge in [0.05, 0.1) is 0 Å². The summed E-state index contributed by atoms with van der Waals surface area (Å²) in [5, 5.41) is 0. The molecule has 0 spiro atoms. The van der Waals surface area contributed by atoms with Gasteiger partial charge >= 0.3 is 71.1 Å². The summed E-state index contributed by atoms with van der Waals surface area (Å²) in [6, 6.07) is 9.43. The zero-order chi connectivity index (χ0) is 9.03. The Bertz CT molecular complexity index is 230. The Kier molecular flexibility index (Phi) is 3.18. The Morgan fingerprint density at radius 1 is 1.00 bits per heavy atom. The van der Waals surface area contributed by atoms with Crippen LogP contribution in [0.3, 0.4) is 0 Å². The van der Waals surface area contributed by atoms with Crippen LogP contribution < -0.4 is 0 Å². The predicted molar refractivity (Wildman–Crippen MR) is 50.0 cm³/mol. The van der Waals surface area contributed by atoms with E-state index in [1.807, 2.05) is 30.3 Å². The standard InChI is InChI=1S/C8H13O3P/c9-12(10,11)7-6-8-4-2-1-3-5-8/h1-5,9-12H,6-7H2. The first-order valence-corrected chi connectivity index (χ1v) is 5.84. The van der Waals surface area contributed by atoms with E-state index in [1.54, 1.807) is 0 Å². The molecule has 3 nitrogen and oxygen atoms in total. The van der Waals surface area contributed by atoms with Crippen molar-refractivity contribution < 1.29 is 14.7 Å². The van der Waals surface area contributed by atoms with E-state index < -0.39 is 7.94 Å². The predicted octanol–water partition coefficient (Wildman–Crippen LogP) is 0.701. The Morgan fingerprint density at radius 2 is 1.58 bits per heavy atom. The van der Waals surface area contributed by atoms with E-state index in [0.29, 0.717) is 6.42 Å². The van der Waals surface area contributed by atoms with Gasteiger partial charge in [-0.3, -0.25) is 0 Å². The molecule has 3 N–H and O–H groups in total. The maximum absolute atomic E-state index is 8.73. The van der Waals surface area contributed by atoms with Gasteiger partial charge in [0.15, 0.2) is 0 Å². The third-order valence-electron chi connectivity index (χ3n) is 1.59. The second-order valence-corrected chi connectivity index (χ2v) is 4.81. The Balaban J connectivity index is 2.44. The average molecular weight is 188 g/mol. The molecule has 0 bridgehead atoms. The van der Waals surface area contributed by atoms with Crippen LogP contribution in [0.4, 0.5) is 0 Å². The fraction of sp³-hybridized carbons (Fsp3) is 0.250. The average Bonchev–Trinajstić information content (AvgIpc) is 2.02. The molecule has 0 saturated carbocycles. The molecule has 0 amide bonds. The topological polar surface area (TPSA) is 60.7 Å². The minimum absolute atomic E-state index is 0.0665. The number of rotatable bonds is 3. The zero-order valence-corrected chi connectivity index (χ0v) is 7.64. The first kappa shape index (κ1) is 9.62. The molecule has 0 aliphatic heterocycles. The zero-order valence-electron chi connectivity index (χ0n) is 6.64. The van der Waals surface area contributed by atoms with Crippen molar-refractivity contribution in [1.82, 2.24) is 0 Å². The van der Waals surface area contributed by atoms with Crippen molar-refractivity contribution in [3.8, 4) is 0 Å². The van der Waals surface area contributed by atoms with E-state index in [-0.39, 0.29) is 6.16 Å². The minimum atomic E-state index is -3.84. The van der Waals surface area contributed by atoms with Crippen molar-refractivity contribution in [2.45, 2.75) is 6.42 Å². The second-order valence-electron chi connectivity index (χ2n) is 2.76. The fourth-order valence-corrected chi connectivity index (χ4v) is 1.58. The van der Waals surface area contributed by atoms with Gasteiger partial charge in [0.2, 0.25) is 0 Å². The summed E-state index contributed by atoms with van der Waals surface area (Å²) in [5.41, 5.74) is 1.01. The first-order valence-electron chi connectivity index (χ1n) is 3.79. The van der Waals surface area contributed by atoms with Crippen LogP contribution in [-0.4, -0.2) is 20.8 Å². The van der Waals surface area contributed by atoms with Crippen LogP contribution in [0, 0.1) is 0 Å². The molecule has 0 radical (unpaired) electrons. The summed E-state index contributed by atoms with van der Waals surface area (Å²) < 4.78 is 0. The molecule has 0 fully saturated rings. The van der Waals surface area contributed by atoms with Gasteiger partial charge in [-0.1, -0.05) is 0 Å². The van der Waals surface area contributed by atoms with Crippen molar-refractivity contribution in [3.05, 3.63) is 35.9 Å². The van der Waals surface area contributed by atoms with Crippen LogP contribution in [0.5, 0.6) is 0 Å². The van der Waals surface area contributed by atoms with Crippen LogP contribution in [0.25, 0.3) is 0 Å². The quantitative estimate of drug-likeness (QED) is 0.612. The number of benzene rings is 1. The SMILES string of the molecule is O[PH](O)(O)CCc1ccccc1. The van der Waals surface area contributed by atoms with Crippen LogP contribution >= 0.6 is 7.94 Å². The molecular formula is C8H13O3P. The summed E-state index contributed by atoms with van der Waals surface area (Å²) in [5.74, 6) is 0. The van der Waals surface area contributed by atoms with Gasteiger partial charge in [-0.15, -0.1) is 0 Å². The van der Waals surface area contributed by atoms with Gasteiger partial charge < -0.3 is 0 Å². The third-order valence-corrected chi connectivity index (χ3v) is 2.51. The molecule has 12 heavy (non-hydrogen) atoms. The summed E-state index contributed by atoms with van der Waals surface area (Å²) in [6.45, 7) is 0. The fourth-order valence-electron chi connectivity index (χ4n) is 0.957. The number of hydrogen-bond donors (Lipinski definition) is 3. The number of hydrogen-bond acceptors (Lipinski definition) is 3. The molecule has 0 saturated heterocycles. The molecule has 4 heteroatoms. The molecule has 0 aromatic heterocycles. The molecule has 1 aromatic rings. The molecule has 0 heterocycles. The van der Waals surface area contributed by atoms with Gasteiger partial charge in [-0.2, -0.15) is 0 Å². The molecule has 0 aliphatic carbocycles. The van der Waals surface area contributed by atoms with Gasteiger partial charge in [0.1, 0.15) is 0 Å². The van der Waals surface area contributed by atoms with Gasteiger partial charge in [0, 0.05) is 0 Å². The monoisotopic (exact) mass is 188 g/mol. The molecule has 1 aromatic carbocycles. The summed E-state index contributed by atoms with van der Waals surface area (Å²) in [7, 11) is -3.84. The van der Waals surface area contributed by atoms with E-state index in [1.165, 1.54) is 0 Å². The van der Waals surface area contributed by atoms with Gasteiger partial charge in [0.25, 0.3) is 0 Å². The van der Waals surface area contributed by atoms with Crippen LogP contribution in [-0.2, 0) is 6.42 Å². The molecule has 68 valence electrons. The normalized spacial score (nSPS) is 12.9. The summed E-state index contributed by atoms with van der Waals surface area (Å²) in [4.78, 5) is 26.2. The Labute approximate surface area is 71.9 Å². The van der Waals surface area contributed by atoms with Crippen molar-refractivity contribution in [1.29, 1.82) is 0 Å². The molecule has 0 atom stereocenters. The van der Waals surface area contributed by atoms with E-state index in [2.05, 4.69) is 0 Å². The maximum atomic E-state index is 8.73. The van der Waals surface area contributed by atoms with Crippen molar-refractivity contribution >= 4 is 7.94 Å². The van der Waals surface area contributed by atoms with Crippen molar-refractivity contribution in [2.75, 3.05) is 6.16 Å². The Morgan fingerprint density at radius 3 is 2.08 bits per heavy atom. The van der Waals surface area contributed by atoms with Crippen molar-refractivity contribution in [2.24, 2.45) is 0 Å². The molecule has 0 aliphatic rings. The molecular weight excluding hydrogens is 175 g/mol. The van der Waals surface area contributed by atoms with E-state index in [4.69, 9.17) is 14.7 Å². The summed E-state index contributed by atoms with van der Waals surface area (Å²) >= 11 is 0. The second kappa shape index (κ2) is 3.97. The van der Waals surface area contributed by atoms with Gasteiger partial charge in [-0.05, 0) is 0 Å². The third kappa shape index (κ3) is 3.79. The van der Waals surface area contributed by atoms with Crippen molar-refractivity contribution in [3.63, 3.8) is 0 Å². The van der Waals surface area contributed by atoms with Crippen LogP contribution in [0.1, 0.15) is 5.56 Å². The van der Waals surface area contributed by atoms with Gasteiger partial charge in [-0.25, -0.2) is 0 Å². The first-order chi connectivity index (χ1) is 5.58. The van der Waals surface area contributed by atoms with E-state index >= 15 is 0 Å². The summed E-state index contributed by atoms with van der Waals surface area (Å²) in [6.07, 6.45) is 0.577. The molecule has 0 unspecified atom stereocenters. The van der Waals surface area contributed by atoms with Crippen LogP contribution in [0.15, 0.2) is 30.3 Å².